The van der Waals surface area contributed by atoms with Crippen LogP contribution in [0.15, 0.2) is 30.5 Å². The predicted molar refractivity (Wildman–Crippen MR) is 81.7 cm³/mol. The van der Waals surface area contributed by atoms with E-state index in [2.05, 4.69) is 27.9 Å². The van der Waals surface area contributed by atoms with Crippen molar-refractivity contribution in [1.29, 1.82) is 5.26 Å². The Labute approximate surface area is 133 Å². The minimum Gasteiger partial charge on any atom is -0.477 e. The molecule has 0 unspecified atom stereocenters. The third-order valence-electron chi connectivity index (χ3n) is 2.60. The van der Waals surface area contributed by atoms with Gasteiger partial charge in [0, 0.05) is 5.56 Å². The van der Waals surface area contributed by atoms with Gasteiger partial charge in [0.1, 0.15) is 0 Å². The van der Waals surface area contributed by atoms with E-state index in [4.69, 9.17) is 26.3 Å². The molecule has 6 heteroatoms. The largest absolute Gasteiger partial charge is 0.477 e. The van der Waals surface area contributed by atoms with Gasteiger partial charge in [0.2, 0.25) is 0 Å². The Morgan fingerprint density at radius 2 is 2.18 bits per heavy atom. The zero-order chi connectivity index (χ0) is 15.8. The Bertz CT molecular complexity index is 760. The zero-order valence-corrected chi connectivity index (χ0v) is 12.6. The molecule has 0 aliphatic heterocycles. The molecule has 2 rings (SSSR count). The van der Waals surface area contributed by atoms with Gasteiger partial charge < -0.3 is 9.47 Å². The van der Waals surface area contributed by atoms with Crippen molar-refractivity contribution in [2.75, 3.05) is 13.7 Å². The normalized spacial score (nSPS) is 9.32. The summed E-state index contributed by atoms with van der Waals surface area (Å²) in [5.41, 5.74) is 1.76. The van der Waals surface area contributed by atoms with Crippen molar-refractivity contribution < 1.29 is 9.47 Å². The lowest BCUT2D eigenvalue weighted by molar-refractivity contribution is 0.309. The molecule has 0 bridgehead atoms. The van der Waals surface area contributed by atoms with Crippen molar-refractivity contribution in [2.24, 2.45) is 0 Å². The van der Waals surface area contributed by atoms with E-state index < -0.39 is 0 Å². The molecule has 1 heterocycles. The van der Waals surface area contributed by atoms with Crippen LogP contribution < -0.4 is 9.47 Å². The average molecular weight is 314 g/mol. The number of nitriles is 1. The lowest BCUT2D eigenvalue weighted by Crippen LogP contribution is -2.01. The standard InChI is InChI=1S/C16H12ClN3O2/c1-21-16-15(19-11-14(17)20-16)22-9-3-6-12-4-2-5-13(10-12)7-8-18/h2,4-5,10-11H,7,9H2,1H3. The smallest absolute Gasteiger partial charge is 0.279 e. The van der Waals surface area contributed by atoms with Crippen molar-refractivity contribution >= 4 is 11.6 Å². The zero-order valence-electron chi connectivity index (χ0n) is 11.8. The number of aromatic nitrogens is 2. The molecule has 0 saturated carbocycles. The first-order valence-electron chi connectivity index (χ1n) is 6.37. The van der Waals surface area contributed by atoms with Crippen molar-refractivity contribution in [2.45, 2.75) is 6.42 Å². The molecule has 0 fully saturated rings. The van der Waals surface area contributed by atoms with Gasteiger partial charge in [-0.1, -0.05) is 35.6 Å². The highest BCUT2D eigenvalue weighted by Crippen LogP contribution is 2.22. The first-order valence-corrected chi connectivity index (χ1v) is 6.75. The lowest BCUT2D eigenvalue weighted by atomic mass is 10.1. The summed E-state index contributed by atoms with van der Waals surface area (Å²) in [6, 6.07) is 9.60. The fraction of sp³-hybridized carbons (Fsp3) is 0.188. The highest BCUT2D eigenvalue weighted by molar-refractivity contribution is 6.29. The van der Waals surface area contributed by atoms with Crippen molar-refractivity contribution in [1.82, 2.24) is 9.97 Å². The molecule has 22 heavy (non-hydrogen) atoms. The number of ether oxygens (including phenoxy) is 2. The first-order chi connectivity index (χ1) is 10.7. The van der Waals surface area contributed by atoms with Crippen LogP contribution in [0.5, 0.6) is 11.8 Å². The number of halogens is 1. The van der Waals surface area contributed by atoms with E-state index in [0.29, 0.717) is 6.42 Å². The van der Waals surface area contributed by atoms with E-state index in [9.17, 15) is 0 Å². The summed E-state index contributed by atoms with van der Waals surface area (Å²) < 4.78 is 10.4. The van der Waals surface area contributed by atoms with Crippen LogP contribution in [0.4, 0.5) is 0 Å². The van der Waals surface area contributed by atoms with Crippen LogP contribution in [0, 0.1) is 23.2 Å². The van der Waals surface area contributed by atoms with Gasteiger partial charge >= 0.3 is 0 Å². The quantitative estimate of drug-likeness (QED) is 0.812. The molecule has 0 saturated heterocycles. The minimum atomic E-state index is 0.134. The second-order valence-electron chi connectivity index (χ2n) is 4.13. The highest BCUT2D eigenvalue weighted by Gasteiger charge is 2.07. The van der Waals surface area contributed by atoms with Gasteiger partial charge in [0.05, 0.1) is 25.8 Å². The SMILES string of the molecule is COc1nc(Cl)cnc1OCC#Cc1cccc(CC#N)c1. The fourth-order valence-electron chi connectivity index (χ4n) is 1.67. The van der Waals surface area contributed by atoms with Gasteiger partial charge in [0.15, 0.2) is 11.8 Å². The second kappa shape index (κ2) is 7.87. The monoisotopic (exact) mass is 313 g/mol. The van der Waals surface area contributed by atoms with Crippen molar-refractivity contribution in [3.8, 4) is 29.7 Å². The van der Waals surface area contributed by atoms with Gasteiger partial charge in [-0.25, -0.2) is 4.98 Å². The summed E-state index contributed by atoms with van der Waals surface area (Å²) in [6.07, 6.45) is 1.74. The van der Waals surface area contributed by atoms with Crippen LogP contribution >= 0.6 is 11.6 Å². The Morgan fingerprint density at radius 3 is 2.95 bits per heavy atom. The van der Waals surface area contributed by atoms with E-state index in [-0.39, 0.29) is 23.5 Å². The van der Waals surface area contributed by atoms with Crippen molar-refractivity contribution in [3.05, 3.63) is 46.7 Å². The molecule has 110 valence electrons. The predicted octanol–water partition coefficient (Wildman–Crippen LogP) is 2.64. The molecule has 2 aromatic rings. The molecule has 5 nitrogen and oxygen atoms in total. The van der Waals surface area contributed by atoms with Gasteiger partial charge in [-0.15, -0.1) is 0 Å². The lowest BCUT2D eigenvalue weighted by Gasteiger charge is -2.05. The van der Waals surface area contributed by atoms with Crippen LogP contribution in [-0.4, -0.2) is 23.7 Å². The van der Waals surface area contributed by atoms with Gasteiger partial charge in [-0.3, -0.25) is 0 Å². The van der Waals surface area contributed by atoms with E-state index in [1.54, 1.807) is 0 Å². The van der Waals surface area contributed by atoms with Crippen LogP contribution in [-0.2, 0) is 6.42 Å². The maximum absolute atomic E-state index is 8.68. The molecule has 0 aliphatic carbocycles. The molecule has 0 N–H and O–H groups in total. The number of rotatable bonds is 4. The van der Waals surface area contributed by atoms with E-state index in [1.165, 1.54) is 13.3 Å². The second-order valence-corrected chi connectivity index (χ2v) is 4.52. The number of nitrogens with zero attached hydrogens (tertiary/aromatic N) is 3. The molecule has 0 radical (unpaired) electrons. The average Bonchev–Trinajstić information content (AvgIpc) is 2.53. The van der Waals surface area contributed by atoms with Crippen LogP contribution in [0.25, 0.3) is 0 Å². The van der Waals surface area contributed by atoms with Crippen LogP contribution in [0.2, 0.25) is 5.15 Å². The number of benzene rings is 1. The molecule has 1 aromatic heterocycles. The summed E-state index contributed by atoms with van der Waals surface area (Å²) >= 11 is 5.72. The van der Waals surface area contributed by atoms with Crippen LogP contribution in [0.3, 0.4) is 0 Å². The molecule has 1 aromatic carbocycles. The molecule has 0 atom stereocenters. The Balaban J connectivity index is 2.00. The van der Waals surface area contributed by atoms with Gasteiger partial charge in [-0.05, 0) is 17.7 Å². The molecule has 0 aliphatic rings. The molecular weight excluding hydrogens is 302 g/mol. The summed E-state index contributed by atoms with van der Waals surface area (Å²) in [4.78, 5) is 7.92. The molecule has 0 spiro atoms. The molecular formula is C16H12ClN3O2. The van der Waals surface area contributed by atoms with Crippen molar-refractivity contribution in [3.63, 3.8) is 0 Å². The maximum atomic E-state index is 8.68. The number of methoxy groups -OCH3 is 1. The van der Waals surface area contributed by atoms with E-state index in [1.807, 2.05) is 24.3 Å². The summed E-state index contributed by atoms with van der Waals surface area (Å²) in [5, 5.41) is 8.91. The summed E-state index contributed by atoms with van der Waals surface area (Å²) in [7, 11) is 1.46. The highest BCUT2D eigenvalue weighted by atomic mass is 35.5. The van der Waals surface area contributed by atoms with Crippen LogP contribution in [0.1, 0.15) is 11.1 Å². The Kier molecular flexibility index (Phi) is 5.59. The third kappa shape index (κ3) is 4.37. The number of hydrogen-bond acceptors (Lipinski definition) is 5. The van der Waals surface area contributed by atoms with Gasteiger partial charge in [0.25, 0.3) is 11.8 Å². The maximum Gasteiger partial charge on any atom is 0.279 e. The van der Waals surface area contributed by atoms with Gasteiger partial charge in [-0.2, -0.15) is 10.2 Å². The summed E-state index contributed by atoms with van der Waals surface area (Å²) in [6.45, 7) is 0.134. The Morgan fingerprint density at radius 1 is 1.32 bits per heavy atom. The Hall–Kier alpha value is -2.76. The number of hydrogen-bond donors (Lipinski definition) is 0. The molecule has 0 amide bonds. The topological polar surface area (TPSA) is 68.0 Å². The van der Waals surface area contributed by atoms with E-state index >= 15 is 0 Å². The first kappa shape index (κ1) is 15.6. The summed E-state index contributed by atoms with van der Waals surface area (Å²) in [5.74, 6) is 6.29. The third-order valence-corrected chi connectivity index (χ3v) is 2.78. The minimum absolute atomic E-state index is 0.134. The fourth-order valence-corrected chi connectivity index (χ4v) is 1.79. The van der Waals surface area contributed by atoms with E-state index in [0.717, 1.165) is 11.1 Å².